The smallest absolute Gasteiger partial charge is 0.252 e. The standard InChI is InChI=1S/C22H18N2O2S2/c1-27-16-7-4-8-17(12-16)28-21-13-19(18-9-2-3-10-20(18)24-21)22(25)23-14-15-6-5-11-26-15/h2-13H,14H2,1H3,(H,23,25). The number of aromatic nitrogens is 1. The first-order chi connectivity index (χ1) is 13.7. The number of hydrogen-bond acceptors (Lipinski definition) is 5. The van der Waals surface area contributed by atoms with Crippen LogP contribution in [0.1, 0.15) is 16.1 Å². The highest BCUT2D eigenvalue weighted by atomic mass is 32.2. The molecule has 6 heteroatoms. The Bertz CT molecular complexity index is 1110. The molecule has 0 atom stereocenters. The quantitative estimate of drug-likeness (QED) is 0.421. The van der Waals surface area contributed by atoms with Crippen LogP contribution in [-0.4, -0.2) is 17.1 Å². The third-order valence-corrected chi connectivity index (χ3v) is 5.84. The lowest BCUT2D eigenvalue weighted by Crippen LogP contribution is -2.23. The maximum Gasteiger partial charge on any atom is 0.252 e. The number of fused-ring (bicyclic) bond motifs is 1. The molecule has 0 aliphatic rings. The van der Waals surface area contributed by atoms with Gasteiger partial charge in [-0.15, -0.1) is 11.8 Å². The highest BCUT2D eigenvalue weighted by molar-refractivity contribution is 7.99. The second-order valence-corrected chi connectivity index (χ2v) is 8.04. The van der Waals surface area contributed by atoms with Crippen molar-refractivity contribution in [3.05, 3.63) is 84.3 Å². The first kappa shape index (κ1) is 18.7. The van der Waals surface area contributed by atoms with E-state index in [1.165, 1.54) is 4.90 Å². The molecule has 4 nitrogen and oxygen atoms in total. The molecular weight excluding hydrogens is 388 g/mol. The van der Waals surface area contributed by atoms with Gasteiger partial charge in [-0.25, -0.2) is 4.98 Å². The number of furan rings is 1. The zero-order valence-electron chi connectivity index (χ0n) is 15.2. The number of carbonyl (C=O) groups is 1. The first-order valence-electron chi connectivity index (χ1n) is 8.75. The topological polar surface area (TPSA) is 55.1 Å². The van der Waals surface area contributed by atoms with Gasteiger partial charge in [0, 0.05) is 15.2 Å². The summed E-state index contributed by atoms with van der Waals surface area (Å²) in [5.41, 5.74) is 1.41. The number of rotatable bonds is 6. The van der Waals surface area contributed by atoms with Gasteiger partial charge in [-0.05, 0) is 48.7 Å². The van der Waals surface area contributed by atoms with Crippen LogP contribution >= 0.6 is 23.5 Å². The number of para-hydroxylation sites is 1. The number of benzene rings is 2. The average molecular weight is 407 g/mol. The number of carbonyl (C=O) groups excluding carboxylic acids is 1. The van der Waals surface area contributed by atoms with Crippen molar-refractivity contribution in [2.45, 2.75) is 21.4 Å². The molecule has 0 spiro atoms. The Balaban J connectivity index is 1.65. The summed E-state index contributed by atoms with van der Waals surface area (Å²) in [5.74, 6) is 0.574. The van der Waals surface area contributed by atoms with Crippen LogP contribution in [0.5, 0.6) is 0 Å². The summed E-state index contributed by atoms with van der Waals surface area (Å²) in [6.07, 6.45) is 3.65. The van der Waals surface area contributed by atoms with Gasteiger partial charge in [0.1, 0.15) is 10.8 Å². The lowest BCUT2D eigenvalue weighted by Gasteiger charge is -2.10. The monoisotopic (exact) mass is 406 g/mol. The number of hydrogen-bond donors (Lipinski definition) is 1. The summed E-state index contributed by atoms with van der Waals surface area (Å²) in [7, 11) is 0. The Kier molecular flexibility index (Phi) is 5.69. The molecule has 2 aromatic heterocycles. The number of nitrogens with one attached hydrogen (secondary N) is 1. The van der Waals surface area contributed by atoms with Crippen LogP contribution in [0.15, 0.2) is 92.2 Å². The zero-order chi connectivity index (χ0) is 19.3. The molecule has 0 radical (unpaired) electrons. The molecule has 4 rings (SSSR count). The van der Waals surface area contributed by atoms with Crippen LogP contribution < -0.4 is 5.32 Å². The van der Waals surface area contributed by atoms with E-state index in [2.05, 4.69) is 29.8 Å². The molecule has 0 fully saturated rings. The van der Waals surface area contributed by atoms with Gasteiger partial charge in [0.05, 0.1) is 23.9 Å². The number of amides is 1. The van der Waals surface area contributed by atoms with Crippen molar-refractivity contribution in [2.24, 2.45) is 0 Å². The van der Waals surface area contributed by atoms with E-state index in [0.717, 1.165) is 26.6 Å². The Labute approximate surface area is 171 Å². The van der Waals surface area contributed by atoms with E-state index in [1.54, 1.807) is 35.9 Å². The van der Waals surface area contributed by atoms with E-state index in [9.17, 15) is 4.79 Å². The molecule has 0 bridgehead atoms. The van der Waals surface area contributed by atoms with Gasteiger partial charge in [-0.1, -0.05) is 36.0 Å². The van der Waals surface area contributed by atoms with Crippen molar-refractivity contribution in [2.75, 3.05) is 6.26 Å². The molecule has 0 aliphatic heterocycles. The van der Waals surface area contributed by atoms with Crippen LogP contribution in [0.2, 0.25) is 0 Å². The van der Waals surface area contributed by atoms with Crippen LogP contribution in [0.3, 0.4) is 0 Å². The molecule has 0 saturated carbocycles. The normalized spacial score (nSPS) is 10.9. The highest BCUT2D eigenvalue weighted by Crippen LogP contribution is 2.31. The fraction of sp³-hybridized carbons (Fsp3) is 0.0909. The Morgan fingerprint density at radius 1 is 1.04 bits per heavy atom. The van der Waals surface area contributed by atoms with Crippen molar-refractivity contribution in [1.29, 1.82) is 0 Å². The lowest BCUT2D eigenvalue weighted by molar-refractivity contribution is 0.0949. The van der Waals surface area contributed by atoms with Gasteiger partial charge in [-0.2, -0.15) is 0 Å². The number of thioether (sulfide) groups is 1. The summed E-state index contributed by atoms with van der Waals surface area (Å²) in [4.78, 5) is 19.9. The highest BCUT2D eigenvalue weighted by Gasteiger charge is 2.14. The van der Waals surface area contributed by atoms with Gasteiger partial charge in [0.15, 0.2) is 0 Å². The molecule has 140 valence electrons. The second-order valence-electron chi connectivity index (χ2n) is 6.07. The predicted molar refractivity (Wildman–Crippen MR) is 114 cm³/mol. The minimum atomic E-state index is -0.144. The summed E-state index contributed by atoms with van der Waals surface area (Å²) >= 11 is 3.26. The summed E-state index contributed by atoms with van der Waals surface area (Å²) in [5, 5.41) is 4.56. The van der Waals surface area contributed by atoms with Crippen molar-refractivity contribution in [3.63, 3.8) is 0 Å². The predicted octanol–water partition coefficient (Wildman–Crippen LogP) is 5.63. The second kappa shape index (κ2) is 8.54. The van der Waals surface area contributed by atoms with Crippen molar-refractivity contribution >= 4 is 40.3 Å². The molecule has 28 heavy (non-hydrogen) atoms. The molecule has 2 aromatic carbocycles. The number of nitrogens with zero attached hydrogens (tertiary/aromatic N) is 1. The van der Waals surface area contributed by atoms with E-state index >= 15 is 0 Å². The zero-order valence-corrected chi connectivity index (χ0v) is 16.8. The molecular formula is C22H18N2O2S2. The summed E-state index contributed by atoms with van der Waals surface area (Å²) in [6, 6.07) is 21.5. The molecule has 1 amide bonds. The Morgan fingerprint density at radius 2 is 1.89 bits per heavy atom. The molecule has 0 saturated heterocycles. The maximum atomic E-state index is 12.9. The maximum absolute atomic E-state index is 12.9. The van der Waals surface area contributed by atoms with Gasteiger partial charge in [0.25, 0.3) is 5.91 Å². The number of pyridine rings is 1. The van der Waals surface area contributed by atoms with Crippen LogP contribution in [0.25, 0.3) is 10.9 Å². The van der Waals surface area contributed by atoms with Gasteiger partial charge < -0.3 is 9.73 Å². The SMILES string of the molecule is CSc1cccc(Sc2cc(C(=O)NCc3ccco3)c3ccccc3n2)c1. The van der Waals surface area contributed by atoms with Crippen molar-refractivity contribution < 1.29 is 9.21 Å². The largest absolute Gasteiger partial charge is 0.467 e. The van der Waals surface area contributed by atoms with E-state index in [0.29, 0.717) is 12.1 Å². The van der Waals surface area contributed by atoms with Crippen LogP contribution in [-0.2, 0) is 6.54 Å². The van der Waals surface area contributed by atoms with E-state index in [4.69, 9.17) is 9.40 Å². The van der Waals surface area contributed by atoms with Crippen molar-refractivity contribution in [3.8, 4) is 0 Å². The van der Waals surface area contributed by atoms with Gasteiger partial charge >= 0.3 is 0 Å². The van der Waals surface area contributed by atoms with E-state index in [1.807, 2.05) is 42.5 Å². The molecule has 2 heterocycles. The average Bonchev–Trinajstić information content (AvgIpc) is 3.25. The van der Waals surface area contributed by atoms with Crippen LogP contribution in [0.4, 0.5) is 0 Å². The minimum absolute atomic E-state index is 0.144. The fourth-order valence-corrected chi connectivity index (χ4v) is 4.28. The molecule has 0 unspecified atom stereocenters. The van der Waals surface area contributed by atoms with Gasteiger partial charge in [-0.3, -0.25) is 4.79 Å². The lowest BCUT2D eigenvalue weighted by atomic mass is 10.1. The molecule has 1 N–H and O–H groups in total. The Morgan fingerprint density at radius 3 is 2.71 bits per heavy atom. The van der Waals surface area contributed by atoms with E-state index in [-0.39, 0.29) is 5.91 Å². The third kappa shape index (κ3) is 4.24. The fourth-order valence-electron chi connectivity index (χ4n) is 2.85. The molecule has 0 aliphatic carbocycles. The summed E-state index contributed by atoms with van der Waals surface area (Å²) in [6.45, 7) is 0.348. The summed E-state index contributed by atoms with van der Waals surface area (Å²) < 4.78 is 5.30. The van der Waals surface area contributed by atoms with Crippen molar-refractivity contribution in [1.82, 2.24) is 10.3 Å². The molecule has 4 aromatic rings. The first-order valence-corrected chi connectivity index (χ1v) is 10.8. The van der Waals surface area contributed by atoms with Gasteiger partial charge in [0.2, 0.25) is 0 Å². The minimum Gasteiger partial charge on any atom is -0.467 e. The van der Waals surface area contributed by atoms with Crippen LogP contribution in [0, 0.1) is 0 Å². The van der Waals surface area contributed by atoms with E-state index < -0.39 is 0 Å². The Hall–Kier alpha value is -2.70. The third-order valence-electron chi connectivity index (χ3n) is 4.20.